The molecule has 2 amide bonds. The van der Waals surface area contributed by atoms with E-state index in [1.165, 1.54) is 0 Å². The number of aliphatic hydroxyl groups is 1. The Balaban J connectivity index is 1.70. The van der Waals surface area contributed by atoms with Gasteiger partial charge in [0.1, 0.15) is 6.04 Å². The molecule has 3 aliphatic heterocycles. The smallest absolute Gasteiger partial charge is 0.311 e. The molecule has 2 unspecified atom stereocenters. The van der Waals surface area contributed by atoms with Gasteiger partial charge in [-0.1, -0.05) is 36.4 Å². The Morgan fingerprint density at radius 2 is 2.00 bits per heavy atom. The Hall–Kier alpha value is -2.32. The van der Waals surface area contributed by atoms with Crippen molar-refractivity contribution in [3.63, 3.8) is 0 Å². The molecule has 196 valence electrons. The molecule has 36 heavy (non-hydrogen) atoms. The standard InChI is InChI=1S/C28H38N2O5S/c1-4-16-29(19-20-12-8-6-9-13-20)25(33)23-28-15-14-27(3,36-28)22(26(34)35-5-2)21(28)24(32)30(23)17-10-7-11-18-31/h4,6,8-9,12-13,21-23,31H,1,5,7,10-11,14-19H2,2-3H3/t21-,22-,23?,27+,28?/m0/s1. The summed E-state index contributed by atoms with van der Waals surface area (Å²) in [5.41, 5.74) is 1.01. The van der Waals surface area contributed by atoms with Gasteiger partial charge in [0.2, 0.25) is 11.8 Å². The first-order valence-electron chi connectivity index (χ1n) is 13.0. The summed E-state index contributed by atoms with van der Waals surface area (Å²) < 4.78 is 4.38. The monoisotopic (exact) mass is 514 g/mol. The van der Waals surface area contributed by atoms with Crippen LogP contribution in [0.25, 0.3) is 0 Å². The van der Waals surface area contributed by atoms with Crippen molar-refractivity contribution in [2.24, 2.45) is 11.8 Å². The van der Waals surface area contributed by atoms with Crippen molar-refractivity contribution in [2.45, 2.75) is 68.0 Å². The second-order valence-electron chi connectivity index (χ2n) is 10.3. The molecule has 3 heterocycles. The molecule has 0 aromatic heterocycles. The van der Waals surface area contributed by atoms with Gasteiger partial charge < -0.3 is 19.6 Å². The van der Waals surface area contributed by atoms with Crippen molar-refractivity contribution in [3.05, 3.63) is 48.6 Å². The van der Waals surface area contributed by atoms with Crippen LogP contribution >= 0.6 is 11.8 Å². The number of esters is 1. The number of ether oxygens (including phenoxy) is 1. The van der Waals surface area contributed by atoms with Crippen LogP contribution in [0.15, 0.2) is 43.0 Å². The van der Waals surface area contributed by atoms with E-state index in [0.29, 0.717) is 32.5 Å². The van der Waals surface area contributed by atoms with Crippen LogP contribution in [0.1, 0.15) is 51.5 Å². The Bertz CT molecular complexity index is 987. The first-order valence-corrected chi connectivity index (χ1v) is 13.9. The van der Waals surface area contributed by atoms with E-state index < -0.39 is 27.4 Å². The first-order chi connectivity index (χ1) is 17.3. The number of aliphatic hydroxyl groups excluding tert-OH is 1. The summed E-state index contributed by atoms with van der Waals surface area (Å²) in [7, 11) is 0. The number of likely N-dealkylation sites (tertiary alicyclic amines) is 1. The summed E-state index contributed by atoms with van der Waals surface area (Å²) in [5, 5.41) is 9.21. The largest absolute Gasteiger partial charge is 0.466 e. The number of hydrogen-bond acceptors (Lipinski definition) is 6. The molecule has 0 radical (unpaired) electrons. The molecule has 3 fully saturated rings. The first kappa shape index (κ1) is 26.7. The van der Waals surface area contributed by atoms with Crippen LogP contribution in [0.3, 0.4) is 0 Å². The van der Waals surface area contributed by atoms with Gasteiger partial charge in [-0.2, -0.15) is 0 Å². The van der Waals surface area contributed by atoms with Gasteiger partial charge in [0.05, 0.1) is 23.2 Å². The highest BCUT2D eigenvalue weighted by Gasteiger charge is 2.77. The van der Waals surface area contributed by atoms with Gasteiger partial charge in [-0.15, -0.1) is 18.3 Å². The lowest BCUT2D eigenvalue weighted by molar-refractivity contribution is -0.155. The molecular weight excluding hydrogens is 476 g/mol. The summed E-state index contributed by atoms with van der Waals surface area (Å²) in [6, 6.07) is 9.19. The third-order valence-electron chi connectivity index (χ3n) is 7.99. The molecule has 4 rings (SSSR count). The number of benzene rings is 1. The van der Waals surface area contributed by atoms with Crippen LogP contribution in [0.4, 0.5) is 0 Å². The highest BCUT2D eigenvalue weighted by molar-refractivity contribution is 8.02. The zero-order valence-corrected chi connectivity index (χ0v) is 22.2. The fraction of sp³-hybridized carbons (Fsp3) is 0.607. The molecule has 1 aromatic rings. The maximum Gasteiger partial charge on any atom is 0.311 e. The zero-order chi connectivity index (χ0) is 25.9. The molecule has 1 aromatic carbocycles. The summed E-state index contributed by atoms with van der Waals surface area (Å²) in [6.07, 6.45) is 5.34. The van der Waals surface area contributed by atoms with Gasteiger partial charge in [0, 0.05) is 31.0 Å². The SMILES string of the molecule is C=CCN(Cc1ccccc1)C(=O)C1N(CCCCCO)C(=O)[C@@H]2[C@@H](C(=O)OCC)[C@@]3(C)CCC12S3. The van der Waals surface area contributed by atoms with E-state index in [-0.39, 0.29) is 31.0 Å². The van der Waals surface area contributed by atoms with Crippen LogP contribution in [-0.2, 0) is 25.7 Å². The predicted octanol–water partition coefficient (Wildman–Crippen LogP) is 3.41. The lowest BCUT2D eigenvalue weighted by atomic mass is 9.66. The van der Waals surface area contributed by atoms with Crippen LogP contribution in [0.5, 0.6) is 0 Å². The van der Waals surface area contributed by atoms with Crippen molar-refractivity contribution in [3.8, 4) is 0 Å². The van der Waals surface area contributed by atoms with Crippen molar-refractivity contribution < 1.29 is 24.2 Å². The lowest BCUT2D eigenvalue weighted by Gasteiger charge is -2.37. The molecule has 2 bridgehead atoms. The molecule has 1 N–H and O–H groups in total. The fourth-order valence-corrected chi connectivity index (χ4v) is 8.81. The summed E-state index contributed by atoms with van der Waals surface area (Å²) >= 11 is 1.67. The highest BCUT2D eigenvalue weighted by Crippen LogP contribution is 2.71. The number of carbonyl (C=O) groups is 3. The number of amides is 2. The number of fused-ring (bicyclic) bond motifs is 1. The van der Waals surface area contributed by atoms with Crippen molar-refractivity contribution >= 4 is 29.5 Å². The van der Waals surface area contributed by atoms with Crippen molar-refractivity contribution in [1.29, 1.82) is 0 Å². The van der Waals surface area contributed by atoms with E-state index in [2.05, 4.69) is 13.5 Å². The minimum absolute atomic E-state index is 0.0852. The van der Waals surface area contributed by atoms with Gasteiger partial charge in [0.25, 0.3) is 0 Å². The second-order valence-corrected chi connectivity index (χ2v) is 12.2. The van der Waals surface area contributed by atoms with Crippen LogP contribution in [-0.4, -0.2) is 74.5 Å². The number of thioether (sulfide) groups is 1. The number of unbranched alkanes of at least 4 members (excludes halogenated alkanes) is 2. The molecule has 7 nitrogen and oxygen atoms in total. The van der Waals surface area contributed by atoms with E-state index in [4.69, 9.17) is 4.74 Å². The molecule has 8 heteroatoms. The van der Waals surface area contributed by atoms with Crippen LogP contribution in [0.2, 0.25) is 0 Å². The number of hydrogen-bond donors (Lipinski definition) is 1. The van der Waals surface area contributed by atoms with E-state index in [0.717, 1.165) is 24.8 Å². The molecule has 0 aliphatic carbocycles. The Morgan fingerprint density at radius 1 is 1.25 bits per heavy atom. The molecule has 3 saturated heterocycles. The topological polar surface area (TPSA) is 87.2 Å². The quantitative estimate of drug-likeness (QED) is 0.261. The molecule has 1 spiro atoms. The Kier molecular flexibility index (Phi) is 8.15. The molecule has 0 saturated carbocycles. The molecule has 5 atom stereocenters. The number of rotatable bonds is 12. The summed E-state index contributed by atoms with van der Waals surface area (Å²) in [6.45, 7) is 9.32. The third kappa shape index (κ3) is 4.58. The lowest BCUT2D eigenvalue weighted by Crippen LogP contribution is -2.54. The summed E-state index contributed by atoms with van der Waals surface area (Å²) in [4.78, 5) is 45.0. The van der Waals surface area contributed by atoms with Crippen molar-refractivity contribution in [2.75, 3.05) is 26.3 Å². The summed E-state index contributed by atoms with van der Waals surface area (Å²) in [5.74, 6) is -1.63. The maximum absolute atomic E-state index is 14.3. The van der Waals surface area contributed by atoms with Crippen molar-refractivity contribution in [1.82, 2.24) is 9.80 Å². The Morgan fingerprint density at radius 3 is 2.67 bits per heavy atom. The predicted molar refractivity (Wildman–Crippen MR) is 140 cm³/mol. The average Bonchev–Trinajstić information content (AvgIpc) is 3.43. The van der Waals surface area contributed by atoms with Gasteiger partial charge >= 0.3 is 5.97 Å². The maximum atomic E-state index is 14.3. The minimum atomic E-state index is -0.645. The van der Waals surface area contributed by atoms with E-state index in [9.17, 15) is 19.5 Å². The average molecular weight is 515 g/mol. The van der Waals surface area contributed by atoms with Crippen LogP contribution in [0, 0.1) is 11.8 Å². The van der Waals surface area contributed by atoms with Gasteiger partial charge in [-0.05, 0) is 51.5 Å². The van der Waals surface area contributed by atoms with Gasteiger partial charge in [-0.25, -0.2) is 0 Å². The van der Waals surface area contributed by atoms with Gasteiger partial charge in [-0.3, -0.25) is 14.4 Å². The Labute approximate surface area is 218 Å². The van der Waals surface area contributed by atoms with E-state index in [1.54, 1.807) is 34.6 Å². The van der Waals surface area contributed by atoms with Gasteiger partial charge in [0.15, 0.2) is 0 Å². The zero-order valence-electron chi connectivity index (χ0n) is 21.4. The normalized spacial score (nSPS) is 30.4. The van der Waals surface area contributed by atoms with E-state index >= 15 is 0 Å². The molecular formula is C28H38N2O5S. The minimum Gasteiger partial charge on any atom is -0.466 e. The van der Waals surface area contributed by atoms with Crippen LogP contribution < -0.4 is 0 Å². The number of nitrogens with zero attached hydrogens (tertiary/aromatic N) is 2. The molecule has 3 aliphatic rings. The third-order valence-corrected chi connectivity index (χ3v) is 9.97. The fourth-order valence-electron chi connectivity index (χ4n) is 6.47. The second kappa shape index (κ2) is 11.0. The van der Waals surface area contributed by atoms with E-state index in [1.807, 2.05) is 30.3 Å². The number of carbonyl (C=O) groups excluding carboxylic acids is 3. The highest BCUT2D eigenvalue weighted by atomic mass is 32.2.